The fourth-order valence-electron chi connectivity index (χ4n) is 5.53. The number of benzene rings is 5. The van der Waals surface area contributed by atoms with Crippen LogP contribution in [0.4, 0.5) is 0 Å². The molecule has 1 nitrogen and oxygen atoms in total. The Morgan fingerprint density at radius 1 is 0.500 bits per heavy atom. The third-order valence-electron chi connectivity index (χ3n) is 7.49. The van der Waals surface area contributed by atoms with E-state index in [9.17, 15) is 4.79 Å². The number of allylic oxidation sites excluding steroid dienone is 4. The van der Waals surface area contributed by atoms with Crippen LogP contribution in [-0.4, -0.2) is 5.78 Å². The van der Waals surface area contributed by atoms with Crippen LogP contribution in [0.25, 0.3) is 39.0 Å². The molecule has 6 rings (SSSR count). The first-order chi connectivity index (χ1) is 19.7. The van der Waals surface area contributed by atoms with Crippen LogP contribution < -0.4 is 0 Å². The Bertz CT molecular complexity index is 1620. The largest absolute Gasteiger partial charge is 0.299 e. The van der Waals surface area contributed by atoms with Gasteiger partial charge in [-0.15, -0.1) is 0 Å². The summed E-state index contributed by atoms with van der Waals surface area (Å²) in [6, 6.07) is 44.5. The van der Waals surface area contributed by atoms with Crippen molar-refractivity contribution in [3.05, 3.63) is 162 Å². The van der Waals surface area contributed by atoms with Crippen molar-refractivity contribution in [2.75, 3.05) is 0 Å². The van der Waals surface area contributed by atoms with Gasteiger partial charge >= 0.3 is 0 Å². The standard InChI is InChI=1S/C39H32O/c40-39(25-29-21-35(31-13-5-1-6-14-31)27-36(22-29)32-15-7-2-8-16-32)26-30-23-37(33-17-9-3-10-18-33)28-38(24-30)34-19-11-4-12-20-34/h1-11,13-19,21-24,27-28H,12,20,25-26H2. The summed E-state index contributed by atoms with van der Waals surface area (Å²) in [6.45, 7) is 0. The second kappa shape index (κ2) is 12.0. The van der Waals surface area contributed by atoms with Gasteiger partial charge < -0.3 is 0 Å². The SMILES string of the molecule is O=C(Cc1cc(C2=CC=CCC2)cc(-c2ccccc2)c1)Cc1cc(-c2ccccc2)cc(-c2ccccc2)c1. The molecule has 0 amide bonds. The molecule has 0 N–H and O–H groups in total. The Balaban J connectivity index is 1.32. The molecule has 0 radical (unpaired) electrons. The minimum Gasteiger partial charge on any atom is -0.299 e. The first-order valence-corrected chi connectivity index (χ1v) is 14.0. The highest BCUT2D eigenvalue weighted by molar-refractivity contribution is 5.86. The van der Waals surface area contributed by atoms with Crippen molar-refractivity contribution in [2.24, 2.45) is 0 Å². The third-order valence-corrected chi connectivity index (χ3v) is 7.49. The van der Waals surface area contributed by atoms with E-state index < -0.39 is 0 Å². The lowest BCUT2D eigenvalue weighted by Gasteiger charge is -2.14. The molecule has 0 saturated carbocycles. The van der Waals surface area contributed by atoms with E-state index in [0.717, 1.165) is 51.8 Å². The number of Topliss-reactive ketones (excluding diaryl/α,β-unsaturated/α-hetero) is 1. The molecule has 0 saturated heterocycles. The van der Waals surface area contributed by atoms with Gasteiger partial charge in [-0.3, -0.25) is 4.79 Å². The number of carbonyl (C=O) groups excluding carboxylic acids is 1. The Labute approximate surface area is 237 Å². The van der Waals surface area contributed by atoms with Crippen molar-refractivity contribution in [1.29, 1.82) is 0 Å². The maximum absolute atomic E-state index is 13.6. The Hall–Kier alpha value is -4.75. The number of carbonyl (C=O) groups is 1. The first-order valence-electron chi connectivity index (χ1n) is 14.0. The minimum atomic E-state index is 0.220. The summed E-state index contributed by atoms with van der Waals surface area (Å²) in [7, 11) is 0. The van der Waals surface area contributed by atoms with Gasteiger partial charge in [0.2, 0.25) is 0 Å². The van der Waals surface area contributed by atoms with Gasteiger partial charge in [-0.05, 0) is 80.6 Å². The maximum atomic E-state index is 13.6. The molecular formula is C39H32O. The zero-order valence-electron chi connectivity index (χ0n) is 22.6. The van der Waals surface area contributed by atoms with Crippen molar-refractivity contribution in [2.45, 2.75) is 25.7 Å². The average Bonchev–Trinajstić information content (AvgIpc) is 3.02. The fraction of sp³-hybridized carbons (Fsp3) is 0.103. The predicted octanol–water partition coefficient (Wildman–Crippen LogP) is 9.78. The quantitative estimate of drug-likeness (QED) is 0.201. The molecule has 1 aliphatic carbocycles. The Morgan fingerprint density at radius 2 is 0.925 bits per heavy atom. The van der Waals surface area contributed by atoms with E-state index in [0.29, 0.717) is 12.8 Å². The predicted molar refractivity (Wildman–Crippen MR) is 168 cm³/mol. The third kappa shape index (κ3) is 6.11. The van der Waals surface area contributed by atoms with Gasteiger partial charge in [-0.2, -0.15) is 0 Å². The summed E-state index contributed by atoms with van der Waals surface area (Å²) in [5.41, 5.74) is 11.6. The smallest absolute Gasteiger partial charge is 0.141 e. The Kier molecular flexibility index (Phi) is 7.64. The van der Waals surface area contributed by atoms with Crippen LogP contribution in [0, 0.1) is 0 Å². The molecule has 0 aliphatic heterocycles. The van der Waals surface area contributed by atoms with E-state index >= 15 is 0 Å². The van der Waals surface area contributed by atoms with Crippen molar-refractivity contribution in [3.8, 4) is 33.4 Å². The van der Waals surface area contributed by atoms with Gasteiger partial charge in [0.25, 0.3) is 0 Å². The lowest BCUT2D eigenvalue weighted by Crippen LogP contribution is -2.07. The van der Waals surface area contributed by atoms with Crippen molar-refractivity contribution < 1.29 is 4.79 Å². The molecule has 0 atom stereocenters. The molecular weight excluding hydrogens is 484 g/mol. The van der Waals surface area contributed by atoms with E-state index in [1.54, 1.807) is 0 Å². The Morgan fingerprint density at radius 3 is 1.35 bits per heavy atom. The summed E-state index contributed by atoms with van der Waals surface area (Å²) in [5.74, 6) is 0.220. The van der Waals surface area contributed by atoms with Crippen molar-refractivity contribution in [1.82, 2.24) is 0 Å². The molecule has 0 unspecified atom stereocenters. The monoisotopic (exact) mass is 516 g/mol. The first kappa shape index (κ1) is 25.5. The molecule has 1 heteroatoms. The van der Waals surface area contributed by atoms with Crippen molar-refractivity contribution in [3.63, 3.8) is 0 Å². The molecule has 194 valence electrons. The number of ketones is 1. The van der Waals surface area contributed by atoms with Gasteiger partial charge in [0.15, 0.2) is 0 Å². The van der Waals surface area contributed by atoms with Gasteiger partial charge in [-0.25, -0.2) is 0 Å². The van der Waals surface area contributed by atoms with Crippen LogP contribution in [0.2, 0.25) is 0 Å². The van der Waals surface area contributed by atoms with Gasteiger partial charge in [0, 0.05) is 12.8 Å². The second-order valence-corrected chi connectivity index (χ2v) is 10.5. The molecule has 40 heavy (non-hydrogen) atoms. The molecule has 0 spiro atoms. The zero-order valence-corrected chi connectivity index (χ0v) is 22.6. The number of rotatable bonds is 8. The molecule has 0 bridgehead atoms. The fourth-order valence-corrected chi connectivity index (χ4v) is 5.53. The van der Waals surface area contributed by atoms with Crippen LogP contribution in [0.5, 0.6) is 0 Å². The van der Waals surface area contributed by atoms with Crippen LogP contribution in [0.3, 0.4) is 0 Å². The number of hydrogen-bond acceptors (Lipinski definition) is 1. The van der Waals surface area contributed by atoms with Crippen LogP contribution in [0.15, 0.2) is 146 Å². The molecule has 0 heterocycles. The van der Waals surface area contributed by atoms with E-state index in [2.05, 4.69) is 127 Å². The minimum absolute atomic E-state index is 0.220. The highest BCUT2D eigenvalue weighted by atomic mass is 16.1. The van der Waals surface area contributed by atoms with Gasteiger partial charge in [-0.1, -0.05) is 133 Å². The average molecular weight is 517 g/mol. The molecule has 1 aliphatic rings. The topological polar surface area (TPSA) is 17.1 Å². The van der Waals surface area contributed by atoms with E-state index in [1.807, 2.05) is 18.2 Å². The molecule has 5 aromatic carbocycles. The summed E-state index contributed by atoms with van der Waals surface area (Å²) in [4.78, 5) is 13.6. The van der Waals surface area contributed by atoms with Gasteiger partial charge in [0.05, 0.1) is 0 Å². The normalized spacial score (nSPS) is 12.7. The molecule has 0 aromatic heterocycles. The van der Waals surface area contributed by atoms with Crippen LogP contribution >= 0.6 is 0 Å². The summed E-state index contributed by atoms with van der Waals surface area (Å²) in [5, 5.41) is 0. The second-order valence-electron chi connectivity index (χ2n) is 10.5. The van der Waals surface area contributed by atoms with Crippen LogP contribution in [0.1, 0.15) is 29.5 Å². The summed E-state index contributed by atoms with van der Waals surface area (Å²) >= 11 is 0. The zero-order chi connectivity index (χ0) is 27.1. The van der Waals surface area contributed by atoms with E-state index in [1.165, 1.54) is 16.7 Å². The lowest BCUT2D eigenvalue weighted by atomic mass is 9.90. The highest BCUT2D eigenvalue weighted by Crippen LogP contribution is 2.31. The molecule has 0 fully saturated rings. The molecule has 5 aromatic rings. The van der Waals surface area contributed by atoms with E-state index in [4.69, 9.17) is 0 Å². The summed E-state index contributed by atoms with van der Waals surface area (Å²) in [6.07, 6.45) is 9.45. The van der Waals surface area contributed by atoms with E-state index in [-0.39, 0.29) is 5.78 Å². The van der Waals surface area contributed by atoms with Crippen molar-refractivity contribution >= 4 is 11.4 Å². The van der Waals surface area contributed by atoms with Gasteiger partial charge in [0.1, 0.15) is 5.78 Å². The summed E-state index contributed by atoms with van der Waals surface area (Å²) < 4.78 is 0. The maximum Gasteiger partial charge on any atom is 0.141 e. The lowest BCUT2D eigenvalue weighted by molar-refractivity contribution is -0.117. The highest BCUT2D eigenvalue weighted by Gasteiger charge is 2.13. The number of hydrogen-bond donors (Lipinski definition) is 0. The van der Waals surface area contributed by atoms with Crippen LogP contribution in [-0.2, 0) is 17.6 Å².